The monoisotopic (exact) mass is 385 g/mol. The van der Waals surface area contributed by atoms with Crippen molar-refractivity contribution in [3.63, 3.8) is 0 Å². The van der Waals surface area contributed by atoms with Crippen LogP contribution in [0.3, 0.4) is 0 Å². The van der Waals surface area contributed by atoms with Crippen LogP contribution in [-0.4, -0.2) is 29.7 Å². The van der Waals surface area contributed by atoms with Crippen LogP contribution in [0.15, 0.2) is 65.8 Å². The van der Waals surface area contributed by atoms with E-state index in [1.165, 1.54) is 23.6 Å². The van der Waals surface area contributed by atoms with Crippen LogP contribution >= 0.6 is 0 Å². The molecule has 1 N–H and O–H groups in total. The normalized spacial score (nSPS) is 13.2. The molecule has 0 bridgehead atoms. The van der Waals surface area contributed by atoms with E-state index in [-0.39, 0.29) is 16.9 Å². The molecule has 7 nitrogen and oxygen atoms in total. The first-order valence-corrected chi connectivity index (χ1v) is 9.61. The van der Waals surface area contributed by atoms with E-state index in [2.05, 4.69) is 21.2 Å². The van der Waals surface area contributed by atoms with Crippen molar-refractivity contribution in [3.05, 3.63) is 82.4 Å². The topological polar surface area (TPSA) is 85.8 Å². The van der Waals surface area contributed by atoms with Crippen LogP contribution in [0.2, 0.25) is 0 Å². The molecule has 1 aromatic carbocycles. The van der Waals surface area contributed by atoms with Crippen molar-refractivity contribution in [2.75, 3.05) is 0 Å². The van der Waals surface area contributed by atoms with Gasteiger partial charge in [-0.2, -0.15) is 10.2 Å². The summed E-state index contributed by atoms with van der Waals surface area (Å²) in [5.74, 6) is 0.894. The van der Waals surface area contributed by atoms with Gasteiger partial charge in [0.2, 0.25) is 5.43 Å². The maximum atomic E-state index is 12.7. The van der Waals surface area contributed by atoms with Crippen LogP contribution in [0.5, 0.6) is 5.75 Å². The van der Waals surface area contributed by atoms with Gasteiger partial charge in [0.15, 0.2) is 11.5 Å². The summed E-state index contributed by atoms with van der Waals surface area (Å²) in [5.41, 5.74) is 3.81. The molecule has 1 aliphatic carbocycles. The molecule has 3 aromatic heterocycles. The molecule has 1 aliphatic rings. The molecule has 0 saturated heterocycles. The predicted octanol–water partition coefficient (Wildman–Crippen LogP) is 3.06. The second kappa shape index (κ2) is 7.01. The zero-order valence-electron chi connectivity index (χ0n) is 15.7. The first-order chi connectivity index (χ1) is 14.2. The van der Waals surface area contributed by atoms with Gasteiger partial charge in [-0.25, -0.2) is 14.3 Å². The second-order valence-corrected chi connectivity index (χ2v) is 7.10. The van der Waals surface area contributed by atoms with E-state index in [0.717, 1.165) is 25.1 Å². The number of aryl methyl sites for hydroxylation is 1. The average Bonchev–Trinajstić information content (AvgIpc) is 3.23. The molecule has 29 heavy (non-hydrogen) atoms. The molecule has 144 valence electrons. The van der Waals surface area contributed by atoms with Gasteiger partial charge in [0.05, 0.1) is 11.9 Å². The van der Waals surface area contributed by atoms with Gasteiger partial charge in [0.1, 0.15) is 11.4 Å². The van der Waals surface area contributed by atoms with E-state index < -0.39 is 0 Å². The van der Waals surface area contributed by atoms with Gasteiger partial charge >= 0.3 is 0 Å². The first-order valence-electron chi connectivity index (χ1n) is 9.61. The molecule has 5 rings (SSSR count). The van der Waals surface area contributed by atoms with Gasteiger partial charge in [-0.3, -0.25) is 4.79 Å². The quantitative estimate of drug-likeness (QED) is 0.586. The van der Waals surface area contributed by atoms with Crippen molar-refractivity contribution in [1.82, 2.24) is 24.5 Å². The van der Waals surface area contributed by atoms with Gasteiger partial charge in [-0.15, -0.1) is 0 Å². The highest BCUT2D eigenvalue weighted by molar-refractivity contribution is 5.58. The molecule has 0 atom stereocenters. The molecule has 7 heteroatoms. The fourth-order valence-corrected chi connectivity index (χ4v) is 3.84. The number of nitrogens with zero attached hydrogens (tertiary/aromatic N) is 5. The Labute approximate surface area is 166 Å². The van der Waals surface area contributed by atoms with Crippen molar-refractivity contribution in [1.29, 1.82) is 0 Å². The number of benzene rings is 1. The third-order valence-corrected chi connectivity index (χ3v) is 5.24. The maximum absolute atomic E-state index is 12.7. The standard InChI is InChI=1S/C22H19N5O2/c28-17-6-3-5-16(14-17)26-13-10-20(29)21(25-26)19-9-12-24-27(19)22-18-7-2-1-4-15(18)8-11-23-22/h3,5-6,8-14,28H,1-2,4,7H2. The highest BCUT2D eigenvalue weighted by Gasteiger charge is 2.20. The molecule has 0 radical (unpaired) electrons. The third kappa shape index (κ3) is 3.10. The zero-order valence-corrected chi connectivity index (χ0v) is 15.7. The third-order valence-electron chi connectivity index (χ3n) is 5.24. The number of rotatable bonds is 3. The lowest BCUT2D eigenvalue weighted by Gasteiger charge is -2.19. The van der Waals surface area contributed by atoms with Crippen molar-refractivity contribution in [3.8, 4) is 28.6 Å². The Kier molecular flexibility index (Phi) is 4.20. The molecule has 3 heterocycles. The van der Waals surface area contributed by atoms with Crippen LogP contribution < -0.4 is 5.43 Å². The Morgan fingerprint density at radius 2 is 1.90 bits per heavy atom. The van der Waals surface area contributed by atoms with Crippen LogP contribution in [0.25, 0.3) is 22.9 Å². The smallest absolute Gasteiger partial charge is 0.209 e. The molecule has 4 aromatic rings. The number of phenolic OH excluding ortho intramolecular Hbond substituents is 1. The second-order valence-electron chi connectivity index (χ2n) is 7.10. The highest BCUT2D eigenvalue weighted by atomic mass is 16.3. The van der Waals surface area contributed by atoms with Gasteiger partial charge < -0.3 is 5.11 Å². The van der Waals surface area contributed by atoms with E-state index in [0.29, 0.717) is 11.4 Å². The summed E-state index contributed by atoms with van der Waals surface area (Å²) in [6.45, 7) is 0. The van der Waals surface area contributed by atoms with Gasteiger partial charge in [0.25, 0.3) is 0 Å². The Balaban J connectivity index is 1.66. The predicted molar refractivity (Wildman–Crippen MR) is 108 cm³/mol. The minimum Gasteiger partial charge on any atom is -0.508 e. The summed E-state index contributed by atoms with van der Waals surface area (Å²) in [6.07, 6.45) is 9.33. The largest absolute Gasteiger partial charge is 0.508 e. The Morgan fingerprint density at radius 1 is 1.00 bits per heavy atom. The fourth-order valence-electron chi connectivity index (χ4n) is 3.84. The molecular formula is C22H19N5O2. The van der Waals surface area contributed by atoms with Crippen LogP contribution in [0.1, 0.15) is 24.0 Å². The van der Waals surface area contributed by atoms with Crippen molar-refractivity contribution in [2.45, 2.75) is 25.7 Å². The summed E-state index contributed by atoms with van der Waals surface area (Å²) in [7, 11) is 0. The van der Waals surface area contributed by atoms with Crippen molar-refractivity contribution < 1.29 is 5.11 Å². The van der Waals surface area contributed by atoms with Crippen LogP contribution in [-0.2, 0) is 12.8 Å². The SMILES string of the molecule is O=c1ccn(-c2cccc(O)c2)nc1-c1ccnn1-c1nccc2c1CCCC2. The lowest BCUT2D eigenvalue weighted by Crippen LogP contribution is -2.17. The number of hydrogen-bond donors (Lipinski definition) is 1. The number of aromatic hydroxyl groups is 1. The Hall–Kier alpha value is -3.74. The lowest BCUT2D eigenvalue weighted by atomic mass is 9.92. The van der Waals surface area contributed by atoms with Crippen LogP contribution in [0.4, 0.5) is 0 Å². The first kappa shape index (κ1) is 17.4. The van der Waals surface area contributed by atoms with E-state index in [1.807, 2.05) is 6.07 Å². The molecular weight excluding hydrogens is 366 g/mol. The summed E-state index contributed by atoms with van der Waals surface area (Å²) in [5, 5.41) is 18.7. The average molecular weight is 385 g/mol. The van der Waals surface area contributed by atoms with E-state index >= 15 is 0 Å². The number of pyridine rings is 1. The van der Waals surface area contributed by atoms with E-state index in [1.54, 1.807) is 52.2 Å². The summed E-state index contributed by atoms with van der Waals surface area (Å²) >= 11 is 0. The lowest BCUT2D eigenvalue weighted by molar-refractivity contribution is 0.475. The molecule has 0 fully saturated rings. The minimum atomic E-state index is -0.201. The highest BCUT2D eigenvalue weighted by Crippen LogP contribution is 2.27. The minimum absolute atomic E-state index is 0.134. The number of hydrogen-bond acceptors (Lipinski definition) is 5. The van der Waals surface area contributed by atoms with Gasteiger partial charge in [-0.1, -0.05) is 6.07 Å². The van der Waals surface area contributed by atoms with E-state index in [9.17, 15) is 9.90 Å². The molecule has 0 aliphatic heterocycles. The zero-order chi connectivity index (χ0) is 19.8. The molecule has 0 saturated carbocycles. The molecule has 0 spiro atoms. The number of phenols is 1. The van der Waals surface area contributed by atoms with E-state index in [4.69, 9.17) is 0 Å². The fraction of sp³-hybridized carbons (Fsp3) is 0.182. The number of aromatic nitrogens is 5. The van der Waals surface area contributed by atoms with Gasteiger partial charge in [-0.05, 0) is 55.5 Å². The summed E-state index contributed by atoms with van der Waals surface area (Å²) in [6, 6.07) is 12.0. The summed E-state index contributed by atoms with van der Waals surface area (Å²) in [4.78, 5) is 17.2. The summed E-state index contributed by atoms with van der Waals surface area (Å²) < 4.78 is 3.28. The molecule has 0 amide bonds. The van der Waals surface area contributed by atoms with Crippen molar-refractivity contribution >= 4 is 0 Å². The Morgan fingerprint density at radius 3 is 2.79 bits per heavy atom. The van der Waals surface area contributed by atoms with Crippen LogP contribution in [0, 0.1) is 0 Å². The maximum Gasteiger partial charge on any atom is 0.209 e. The Bertz CT molecular complexity index is 1260. The number of fused-ring (bicyclic) bond motifs is 1. The van der Waals surface area contributed by atoms with Gasteiger partial charge in [0, 0.05) is 30.1 Å². The molecule has 0 unspecified atom stereocenters. The van der Waals surface area contributed by atoms with Crippen molar-refractivity contribution in [2.24, 2.45) is 0 Å².